The van der Waals surface area contributed by atoms with Crippen LogP contribution in [0, 0.1) is 0 Å². The molecule has 1 aliphatic heterocycles. The number of amides is 1. The molecule has 2 aromatic carbocycles. The molecule has 8 heteroatoms. The maximum Gasteiger partial charge on any atom is 0.295 e. The minimum atomic E-state index is -0.891. The fourth-order valence-electron chi connectivity index (χ4n) is 3.35. The molecule has 0 saturated carbocycles. The number of rotatable bonds is 6. The van der Waals surface area contributed by atoms with Crippen LogP contribution in [0.25, 0.3) is 5.76 Å². The van der Waals surface area contributed by atoms with Gasteiger partial charge in [-0.15, -0.1) is 0 Å². The SMILES string of the molecule is COc1ccc(C2/C(=C(\O)c3ccc(Cl)cc3)C(=O)C(=O)N2CCO)cc1OC. The van der Waals surface area contributed by atoms with Crippen molar-refractivity contribution in [2.45, 2.75) is 6.04 Å². The van der Waals surface area contributed by atoms with E-state index >= 15 is 0 Å². The molecule has 1 amide bonds. The molecule has 29 heavy (non-hydrogen) atoms. The van der Waals surface area contributed by atoms with E-state index in [9.17, 15) is 19.8 Å². The Hall–Kier alpha value is -3.03. The summed E-state index contributed by atoms with van der Waals surface area (Å²) in [6.45, 7) is -0.404. The number of Topliss-reactive ketones (excluding diaryl/α,β-unsaturated/α-hetero) is 1. The Morgan fingerprint density at radius 2 is 1.72 bits per heavy atom. The quantitative estimate of drug-likeness (QED) is 0.426. The zero-order chi connectivity index (χ0) is 21.1. The summed E-state index contributed by atoms with van der Waals surface area (Å²) in [4.78, 5) is 26.6. The Balaban J connectivity index is 2.20. The molecule has 7 nitrogen and oxygen atoms in total. The normalized spacial score (nSPS) is 18.2. The maximum absolute atomic E-state index is 12.8. The molecule has 0 radical (unpaired) electrons. The maximum atomic E-state index is 12.8. The summed E-state index contributed by atoms with van der Waals surface area (Å²) in [5, 5.41) is 20.7. The van der Waals surface area contributed by atoms with Crippen LogP contribution in [-0.2, 0) is 9.59 Å². The van der Waals surface area contributed by atoms with Crippen molar-refractivity contribution >= 4 is 29.1 Å². The first kappa shape index (κ1) is 20.7. The zero-order valence-electron chi connectivity index (χ0n) is 15.9. The number of carbonyl (C=O) groups excluding carboxylic acids is 2. The standard InChI is InChI=1S/C21H20ClNO6/c1-28-15-8-5-13(11-16(15)29-2)18-17(20(26)21(27)23(18)9-10-24)19(25)12-3-6-14(22)7-4-12/h3-8,11,18,24-25H,9-10H2,1-2H3/b19-17+. The highest BCUT2D eigenvalue weighted by atomic mass is 35.5. The fourth-order valence-corrected chi connectivity index (χ4v) is 3.48. The van der Waals surface area contributed by atoms with Crippen LogP contribution in [-0.4, -0.2) is 54.2 Å². The summed E-state index contributed by atoms with van der Waals surface area (Å²) in [5.41, 5.74) is 0.811. The predicted molar refractivity (Wildman–Crippen MR) is 107 cm³/mol. The Labute approximate surface area is 172 Å². The molecule has 1 saturated heterocycles. The molecule has 2 N–H and O–H groups in total. The molecule has 3 rings (SSSR count). The smallest absolute Gasteiger partial charge is 0.295 e. The lowest BCUT2D eigenvalue weighted by Gasteiger charge is -2.25. The van der Waals surface area contributed by atoms with Gasteiger partial charge in [0, 0.05) is 17.1 Å². The van der Waals surface area contributed by atoms with Gasteiger partial charge in [0.15, 0.2) is 11.5 Å². The van der Waals surface area contributed by atoms with E-state index < -0.39 is 17.7 Å². The van der Waals surface area contributed by atoms with Gasteiger partial charge in [-0.05, 0) is 42.0 Å². The van der Waals surface area contributed by atoms with Crippen molar-refractivity contribution in [3.05, 3.63) is 64.2 Å². The van der Waals surface area contributed by atoms with Crippen LogP contribution in [0.3, 0.4) is 0 Å². The third kappa shape index (κ3) is 3.79. The number of ketones is 1. The van der Waals surface area contributed by atoms with Crippen molar-refractivity contribution in [3.63, 3.8) is 0 Å². The fraction of sp³-hybridized carbons (Fsp3) is 0.238. The van der Waals surface area contributed by atoms with Crippen LogP contribution in [0.5, 0.6) is 11.5 Å². The minimum absolute atomic E-state index is 0.0685. The molecule has 0 bridgehead atoms. The van der Waals surface area contributed by atoms with Crippen molar-refractivity contribution in [1.29, 1.82) is 0 Å². The van der Waals surface area contributed by atoms with Gasteiger partial charge in [0.05, 0.1) is 32.4 Å². The molecule has 1 fully saturated rings. The van der Waals surface area contributed by atoms with E-state index in [4.69, 9.17) is 21.1 Å². The Morgan fingerprint density at radius 1 is 1.07 bits per heavy atom. The van der Waals surface area contributed by atoms with E-state index in [0.29, 0.717) is 27.6 Å². The first-order chi connectivity index (χ1) is 13.9. The number of ether oxygens (including phenoxy) is 2. The van der Waals surface area contributed by atoms with E-state index in [1.807, 2.05) is 0 Å². The number of benzene rings is 2. The lowest BCUT2D eigenvalue weighted by atomic mass is 9.95. The van der Waals surface area contributed by atoms with E-state index in [2.05, 4.69) is 0 Å². The van der Waals surface area contributed by atoms with E-state index in [1.54, 1.807) is 42.5 Å². The molecule has 1 atom stereocenters. The van der Waals surface area contributed by atoms with Crippen molar-refractivity contribution in [2.75, 3.05) is 27.4 Å². The number of halogens is 1. The van der Waals surface area contributed by atoms with Crippen LogP contribution < -0.4 is 9.47 Å². The van der Waals surface area contributed by atoms with Crippen LogP contribution in [0.1, 0.15) is 17.2 Å². The number of aliphatic hydroxyl groups is 2. The average molecular weight is 418 g/mol. The van der Waals surface area contributed by atoms with Gasteiger partial charge in [-0.1, -0.05) is 17.7 Å². The van der Waals surface area contributed by atoms with Crippen LogP contribution >= 0.6 is 11.6 Å². The number of carbonyl (C=O) groups is 2. The van der Waals surface area contributed by atoms with Gasteiger partial charge >= 0.3 is 0 Å². The Kier molecular flexibility index (Phi) is 6.10. The second-order valence-corrected chi connectivity index (χ2v) is 6.77. The van der Waals surface area contributed by atoms with Crippen LogP contribution in [0.15, 0.2) is 48.0 Å². The Morgan fingerprint density at radius 3 is 2.31 bits per heavy atom. The summed E-state index contributed by atoms with van der Waals surface area (Å²) in [6.07, 6.45) is 0. The van der Waals surface area contributed by atoms with Gasteiger partial charge in [0.1, 0.15) is 5.76 Å². The second kappa shape index (κ2) is 8.55. The first-order valence-corrected chi connectivity index (χ1v) is 9.17. The lowest BCUT2D eigenvalue weighted by molar-refractivity contribution is -0.140. The summed E-state index contributed by atoms with van der Waals surface area (Å²) in [5.74, 6) is -1.06. The highest BCUT2D eigenvalue weighted by molar-refractivity contribution is 6.46. The van der Waals surface area contributed by atoms with Gasteiger partial charge in [-0.2, -0.15) is 0 Å². The highest BCUT2D eigenvalue weighted by Gasteiger charge is 2.46. The molecule has 0 aliphatic carbocycles. The average Bonchev–Trinajstić information content (AvgIpc) is 2.98. The summed E-state index contributed by atoms with van der Waals surface area (Å²) in [6, 6.07) is 10.3. The first-order valence-electron chi connectivity index (χ1n) is 8.80. The highest BCUT2D eigenvalue weighted by Crippen LogP contribution is 2.41. The van der Waals surface area contributed by atoms with E-state index in [-0.39, 0.29) is 24.5 Å². The van der Waals surface area contributed by atoms with Crippen molar-refractivity contribution in [2.24, 2.45) is 0 Å². The predicted octanol–water partition coefficient (Wildman–Crippen LogP) is 2.77. The molecular weight excluding hydrogens is 398 g/mol. The van der Waals surface area contributed by atoms with E-state index in [1.165, 1.54) is 19.1 Å². The molecule has 0 spiro atoms. The van der Waals surface area contributed by atoms with Crippen molar-refractivity contribution in [1.82, 2.24) is 4.90 Å². The largest absolute Gasteiger partial charge is 0.507 e. The summed E-state index contributed by atoms with van der Waals surface area (Å²) >= 11 is 5.90. The molecule has 1 aliphatic rings. The van der Waals surface area contributed by atoms with Crippen LogP contribution in [0.2, 0.25) is 5.02 Å². The van der Waals surface area contributed by atoms with Crippen molar-refractivity contribution in [3.8, 4) is 11.5 Å². The number of nitrogens with zero attached hydrogens (tertiary/aromatic N) is 1. The molecular formula is C21H20ClNO6. The number of methoxy groups -OCH3 is 2. The topological polar surface area (TPSA) is 96.3 Å². The van der Waals surface area contributed by atoms with Gasteiger partial charge in [-0.25, -0.2) is 0 Å². The summed E-state index contributed by atoms with van der Waals surface area (Å²) in [7, 11) is 2.97. The van der Waals surface area contributed by atoms with Crippen LogP contribution in [0.4, 0.5) is 0 Å². The third-order valence-corrected chi connectivity index (χ3v) is 4.97. The number of aliphatic hydroxyl groups excluding tert-OH is 2. The monoisotopic (exact) mass is 417 g/mol. The van der Waals surface area contributed by atoms with Gasteiger partial charge < -0.3 is 24.6 Å². The zero-order valence-corrected chi connectivity index (χ0v) is 16.6. The van der Waals surface area contributed by atoms with Gasteiger partial charge in [-0.3, -0.25) is 9.59 Å². The number of β-amino-alcohol motifs (C(OH)–C–C–N with tert-alkyl or cyclic N) is 1. The number of hydrogen-bond acceptors (Lipinski definition) is 6. The Bertz CT molecular complexity index is 970. The molecule has 152 valence electrons. The molecule has 2 aromatic rings. The molecule has 1 heterocycles. The third-order valence-electron chi connectivity index (χ3n) is 4.72. The second-order valence-electron chi connectivity index (χ2n) is 6.34. The van der Waals surface area contributed by atoms with Gasteiger partial charge in [0.25, 0.3) is 11.7 Å². The lowest BCUT2D eigenvalue weighted by Crippen LogP contribution is -2.32. The van der Waals surface area contributed by atoms with E-state index in [0.717, 1.165) is 0 Å². The minimum Gasteiger partial charge on any atom is -0.507 e. The molecule has 0 aromatic heterocycles. The molecule has 1 unspecified atom stereocenters. The van der Waals surface area contributed by atoms with Gasteiger partial charge in [0.2, 0.25) is 0 Å². The summed E-state index contributed by atoms with van der Waals surface area (Å²) < 4.78 is 10.6. The number of hydrogen-bond donors (Lipinski definition) is 2. The van der Waals surface area contributed by atoms with Crippen molar-refractivity contribution < 1.29 is 29.3 Å². The number of likely N-dealkylation sites (tertiary alicyclic amines) is 1.